The van der Waals surface area contributed by atoms with Crippen LogP contribution >= 0.6 is 0 Å². The van der Waals surface area contributed by atoms with Gasteiger partial charge in [0.2, 0.25) is 0 Å². The van der Waals surface area contributed by atoms with Gasteiger partial charge in [0, 0.05) is 5.56 Å². The summed E-state index contributed by atoms with van der Waals surface area (Å²) in [4.78, 5) is 0. The quantitative estimate of drug-likeness (QED) is 0.639. The molecule has 0 unspecified atom stereocenters. The first kappa shape index (κ1) is 9.85. The Bertz CT molecular complexity index is 289. The second-order valence-corrected chi connectivity index (χ2v) is 3.09. The van der Waals surface area contributed by atoms with Crippen LogP contribution in [0, 0.1) is 6.92 Å². The van der Waals surface area contributed by atoms with Crippen molar-refractivity contribution in [2.24, 2.45) is 0 Å². The molecule has 0 fully saturated rings. The van der Waals surface area contributed by atoms with Crippen LogP contribution in [0.1, 0.15) is 24.5 Å². The number of ether oxygens (including phenoxy) is 1. The van der Waals surface area contributed by atoms with Gasteiger partial charge in [-0.3, -0.25) is 0 Å². The largest absolute Gasteiger partial charge is 0.494 e. The third-order valence-electron chi connectivity index (χ3n) is 1.93. The zero-order valence-corrected chi connectivity index (χ0v) is 8.34. The highest BCUT2D eigenvalue weighted by Crippen LogP contribution is 2.17. The number of rotatable bonds is 4. The smallest absolute Gasteiger partial charge is 0.119 e. The zero-order chi connectivity index (χ0) is 9.68. The summed E-state index contributed by atoms with van der Waals surface area (Å²) >= 11 is 0. The Balaban J connectivity index is 2.71. The first-order valence-electron chi connectivity index (χ1n) is 4.63. The van der Waals surface area contributed by atoms with Crippen LogP contribution in [0.25, 0.3) is 5.76 Å². The molecule has 0 spiro atoms. The van der Waals surface area contributed by atoms with Crippen LogP contribution in [-0.2, 0) is 4.74 Å². The minimum absolute atomic E-state index is 0.743. The van der Waals surface area contributed by atoms with Crippen LogP contribution in [0.4, 0.5) is 0 Å². The molecule has 0 amide bonds. The van der Waals surface area contributed by atoms with E-state index >= 15 is 0 Å². The summed E-state index contributed by atoms with van der Waals surface area (Å²) < 4.78 is 5.46. The van der Waals surface area contributed by atoms with Gasteiger partial charge in [-0.2, -0.15) is 0 Å². The maximum Gasteiger partial charge on any atom is 0.119 e. The first-order valence-corrected chi connectivity index (χ1v) is 4.63. The SMILES string of the molecule is C=C(OCCC)c1ccccc1C. The molecule has 1 aromatic carbocycles. The van der Waals surface area contributed by atoms with E-state index < -0.39 is 0 Å². The molecule has 70 valence electrons. The van der Waals surface area contributed by atoms with Crippen molar-refractivity contribution < 1.29 is 4.74 Å². The van der Waals surface area contributed by atoms with Gasteiger partial charge in [0.1, 0.15) is 5.76 Å². The summed E-state index contributed by atoms with van der Waals surface area (Å²) in [5.41, 5.74) is 2.32. The third-order valence-corrected chi connectivity index (χ3v) is 1.93. The number of hydrogen-bond acceptors (Lipinski definition) is 1. The van der Waals surface area contributed by atoms with Gasteiger partial charge in [-0.25, -0.2) is 0 Å². The van der Waals surface area contributed by atoms with Gasteiger partial charge in [0.25, 0.3) is 0 Å². The lowest BCUT2D eigenvalue weighted by Gasteiger charge is -2.10. The summed E-state index contributed by atoms with van der Waals surface area (Å²) in [5.74, 6) is 0.778. The molecule has 0 aromatic heterocycles. The van der Waals surface area contributed by atoms with E-state index in [1.807, 2.05) is 18.2 Å². The second kappa shape index (κ2) is 4.70. The molecule has 1 aromatic rings. The summed E-state index contributed by atoms with van der Waals surface area (Å²) in [6.45, 7) is 8.80. The molecule has 0 bridgehead atoms. The molecule has 0 radical (unpaired) electrons. The fraction of sp³-hybridized carbons (Fsp3) is 0.333. The summed E-state index contributed by atoms with van der Waals surface area (Å²) in [5, 5.41) is 0. The molecule has 0 saturated carbocycles. The van der Waals surface area contributed by atoms with Crippen LogP contribution in [0.2, 0.25) is 0 Å². The van der Waals surface area contributed by atoms with E-state index in [1.54, 1.807) is 0 Å². The molecule has 0 heterocycles. The fourth-order valence-corrected chi connectivity index (χ4v) is 1.19. The highest BCUT2D eigenvalue weighted by atomic mass is 16.5. The highest BCUT2D eigenvalue weighted by Gasteiger charge is 2.01. The van der Waals surface area contributed by atoms with E-state index in [0.29, 0.717) is 0 Å². The highest BCUT2D eigenvalue weighted by molar-refractivity contribution is 5.60. The summed E-state index contributed by atoms with van der Waals surface area (Å²) in [7, 11) is 0. The van der Waals surface area contributed by atoms with Crippen molar-refractivity contribution in [2.45, 2.75) is 20.3 Å². The average molecular weight is 176 g/mol. The Hall–Kier alpha value is -1.24. The monoisotopic (exact) mass is 176 g/mol. The molecular weight excluding hydrogens is 160 g/mol. The minimum atomic E-state index is 0.743. The van der Waals surface area contributed by atoms with E-state index in [0.717, 1.165) is 24.4 Å². The number of hydrogen-bond donors (Lipinski definition) is 0. The molecule has 0 atom stereocenters. The van der Waals surface area contributed by atoms with Gasteiger partial charge in [0.05, 0.1) is 6.61 Å². The van der Waals surface area contributed by atoms with Gasteiger partial charge >= 0.3 is 0 Å². The Morgan fingerprint density at radius 1 is 1.38 bits per heavy atom. The average Bonchev–Trinajstić information content (AvgIpc) is 2.15. The molecule has 1 heteroatoms. The van der Waals surface area contributed by atoms with E-state index in [9.17, 15) is 0 Å². The maximum absolute atomic E-state index is 5.46. The number of benzene rings is 1. The van der Waals surface area contributed by atoms with E-state index in [1.165, 1.54) is 5.56 Å². The molecular formula is C12H16O. The van der Waals surface area contributed by atoms with Gasteiger partial charge in [-0.15, -0.1) is 0 Å². The maximum atomic E-state index is 5.46. The number of aryl methyl sites for hydroxylation is 1. The van der Waals surface area contributed by atoms with Crippen molar-refractivity contribution in [2.75, 3.05) is 6.61 Å². The Kier molecular flexibility index (Phi) is 3.56. The molecule has 0 N–H and O–H groups in total. The predicted octanol–water partition coefficient (Wildman–Crippen LogP) is 3.39. The third kappa shape index (κ3) is 2.62. The normalized spacial score (nSPS) is 9.69. The van der Waals surface area contributed by atoms with Gasteiger partial charge in [-0.05, 0) is 18.9 Å². The molecule has 1 rings (SSSR count). The van der Waals surface area contributed by atoms with Crippen LogP contribution in [0.3, 0.4) is 0 Å². The fourth-order valence-electron chi connectivity index (χ4n) is 1.19. The van der Waals surface area contributed by atoms with Gasteiger partial charge < -0.3 is 4.74 Å². The van der Waals surface area contributed by atoms with E-state index in [4.69, 9.17) is 4.74 Å². The Morgan fingerprint density at radius 3 is 2.69 bits per heavy atom. The zero-order valence-electron chi connectivity index (χ0n) is 8.34. The van der Waals surface area contributed by atoms with Crippen LogP contribution in [0.5, 0.6) is 0 Å². The summed E-state index contributed by atoms with van der Waals surface area (Å²) in [6.07, 6.45) is 1.02. The molecule has 0 aliphatic heterocycles. The second-order valence-electron chi connectivity index (χ2n) is 3.09. The van der Waals surface area contributed by atoms with Crippen molar-refractivity contribution >= 4 is 5.76 Å². The predicted molar refractivity (Wildman–Crippen MR) is 56.5 cm³/mol. The van der Waals surface area contributed by atoms with Crippen molar-refractivity contribution in [3.05, 3.63) is 42.0 Å². The topological polar surface area (TPSA) is 9.23 Å². The standard InChI is InChI=1S/C12H16O/c1-4-9-13-11(3)12-8-6-5-7-10(12)2/h5-8H,3-4,9H2,1-2H3. The lowest BCUT2D eigenvalue weighted by molar-refractivity contribution is 0.278. The van der Waals surface area contributed by atoms with Crippen molar-refractivity contribution in [1.82, 2.24) is 0 Å². The summed E-state index contributed by atoms with van der Waals surface area (Å²) in [6, 6.07) is 8.12. The molecule has 13 heavy (non-hydrogen) atoms. The van der Waals surface area contributed by atoms with Crippen LogP contribution in [-0.4, -0.2) is 6.61 Å². The molecule has 0 aliphatic carbocycles. The molecule has 1 nitrogen and oxygen atoms in total. The minimum Gasteiger partial charge on any atom is -0.494 e. The Labute approximate surface area is 80.0 Å². The van der Waals surface area contributed by atoms with Gasteiger partial charge in [0.15, 0.2) is 0 Å². The van der Waals surface area contributed by atoms with Crippen molar-refractivity contribution in [1.29, 1.82) is 0 Å². The van der Waals surface area contributed by atoms with Gasteiger partial charge in [-0.1, -0.05) is 37.8 Å². The van der Waals surface area contributed by atoms with Crippen molar-refractivity contribution in [3.63, 3.8) is 0 Å². The van der Waals surface area contributed by atoms with E-state index in [2.05, 4.69) is 26.5 Å². The first-order chi connectivity index (χ1) is 6.25. The molecule has 0 saturated heterocycles. The van der Waals surface area contributed by atoms with E-state index in [-0.39, 0.29) is 0 Å². The van der Waals surface area contributed by atoms with Crippen molar-refractivity contribution in [3.8, 4) is 0 Å². The van der Waals surface area contributed by atoms with Crippen LogP contribution in [0.15, 0.2) is 30.8 Å². The van der Waals surface area contributed by atoms with Crippen LogP contribution < -0.4 is 0 Å². The molecule has 0 aliphatic rings. The lowest BCUT2D eigenvalue weighted by Crippen LogP contribution is -1.94. The Morgan fingerprint density at radius 2 is 2.08 bits per heavy atom. The lowest BCUT2D eigenvalue weighted by atomic mass is 10.1.